The van der Waals surface area contributed by atoms with Gasteiger partial charge in [0.1, 0.15) is 12.4 Å². The lowest BCUT2D eigenvalue weighted by Crippen LogP contribution is -2.68. The summed E-state index contributed by atoms with van der Waals surface area (Å²) in [6.07, 6.45) is -4.65. The lowest BCUT2D eigenvalue weighted by molar-refractivity contribution is -0.326. The Morgan fingerprint density at radius 1 is 0.600 bits per heavy atom. The van der Waals surface area contributed by atoms with E-state index in [0.29, 0.717) is 41.7 Å². The fourth-order valence-electron chi connectivity index (χ4n) is 7.51. The van der Waals surface area contributed by atoms with Crippen LogP contribution in [-0.2, 0) is 40.6 Å². The molecule has 0 aromatic heterocycles. The first-order chi connectivity index (χ1) is 31.3. The largest absolute Gasteiger partial charge is 0.497 e. The van der Waals surface area contributed by atoms with Crippen LogP contribution in [0.1, 0.15) is 58.1 Å². The van der Waals surface area contributed by atoms with Crippen molar-refractivity contribution in [3.05, 3.63) is 201 Å². The average molecular weight is 1150 g/mol. The highest BCUT2D eigenvalue weighted by Crippen LogP contribution is 2.53. The third-order valence-corrected chi connectivity index (χ3v) is 13.3. The molecule has 0 saturated carbocycles. The number of carbonyl (C=O) groups excluding carboxylic acids is 4. The Labute approximate surface area is 412 Å². The Balaban J connectivity index is 1.29. The van der Waals surface area contributed by atoms with E-state index in [0.717, 1.165) is 10.0 Å². The molecule has 6 aromatic carbocycles. The van der Waals surface area contributed by atoms with Gasteiger partial charge in [-0.3, -0.25) is 0 Å². The number of hydrogen-bond acceptors (Lipinski definition) is 11. The number of hydrogen-bond donors (Lipinski definition) is 0. The Morgan fingerprint density at radius 3 is 1.55 bits per heavy atom. The van der Waals surface area contributed by atoms with Crippen molar-refractivity contribution in [3.63, 3.8) is 0 Å². The second-order valence-corrected chi connectivity index (χ2v) is 19.1. The Bertz CT molecular complexity index is 2720. The lowest BCUT2D eigenvalue weighted by Gasteiger charge is -2.49. The summed E-state index contributed by atoms with van der Waals surface area (Å²) in [7, 11) is 1.58. The van der Waals surface area contributed by atoms with Crippen LogP contribution in [0.15, 0.2) is 157 Å². The summed E-state index contributed by atoms with van der Waals surface area (Å²) < 4.78 is 47.2. The number of benzene rings is 6. The summed E-state index contributed by atoms with van der Waals surface area (Å²) in [4.78, 5) is 56.8. The van der Waals surface area contributed by atoms with E-state index in [-0.39, 0.29) is 22.3 Å². The molecule has 0 amide bonds. The molecule has 65 heavy (non-hydrogen) atoms. The molecule has 2 heterocycles. The maximum Gasteiger partial charge on any atom is 0.338 e. The van der Waals surface area contributed by atoms with E-state index in [1.54, 1.807) is 110 Å². The molecule has 2 bridgehead atoms. The number of halogens is 5. The van der Waals surface area contributed by atoms with Crippen LogP contribution < -0.4 is 4.74 Å². The van der Waals surface area contributed by atoms with Gasteiger partial charge in [-0.2, -0.15) is 0 Å². The zero-order chi connectivity index (χ0) is 45.9. The molecule has 8 rings (SSSR count). The van der Waals surface area contributed by atoms with Crippen molar-refractivity contribution in [2.24, 2.45) is 0 Å². The maximum absolute atomic E-state index is 14.4. The van der Waals surface area contributed by atoms with Crippen molar-refractivity contribution >= 4 is 99.2 Å². The van der Waals surface area contributed by atoms with Gasteiger partial charge in [0.25, 0.3) is 0 Å². The fraction of sp³-hybridized carbons (Fsp3) is 0.184. The highest BCUT2D eigenvalue weighted by Gasteiger charge is 2.72. The van der Waals surface area contributed by atoms with E-state index in [2.05, 4.69) is 63.7 Å². The molecular formula is C49H35Br4ClO11. The average Bonchev–Trinajstić information content (AvgIpc) is 3.67. The SMILES string of the molecule is COc1ccc(Cc2cc([C@]34OC[C@](COC(=O)c5ccc(Br)cc5)(O3)[C@@H](OC(=O)c3ccc(Br)cc3)[C@H](OC(=O)c3ccc(Br)cc3)[C@@H]4OC(=O)c3ccc(Br)cc3)ccc2Cl)cc1. The van der Waals surface area contributed by atoms with Gasteiger partial charge in [0.2, 0.25) is 11.9 Å². The van der Waals surface area contributed by atoms with Crippen LogP contribution in [0.4, 0.5) is 0 Å². The first-order valence-corrected chi connectivity index (χ1v) is 23.4. The molecule has 0 N–H and O–H groups in total. The number of rotatable bonds is 13. The predicted octanol–water partition coefficient (Wildman–Crippen LogP) is 11.5. The molecule has 2 saturated heterocycles. The summed E-state index contributed by atoms with van der Waals surface area (Å²) in [5.41, 5.74) is 0.566. The van der Waals surface area contributed by atoms with E-state index in [9.17, 15) is 19.2 Å². The van der Waals surface area contributed by atoms with Gasteiger partial charge in [0.05, 0.1) is 36.0 Å². The van der Waals surface area contributed by atoms with Gasteiger partial charge in [0, 0.05) is 28.5 Å². The van der Waals surface area contributed by atoms with Crippen molar-refractivity contribution in [3.8, 4) is 5.75 Å². The minimum atomic E-state index is -2.10. The van der Waals surface area contributed by atoms with E-state index in [4.69, 9.17) is 44.8 Å². The third kappa shape index (κ3) is 10.3. The normalized spacial score (nSPS) is 20.9. The van der Waals surface area contributed by atoms with Crippen molar-refractivity contribution in [2.45, 2.75) is 36.1 Å². The van der Waals surface area contributed by atoms with E-state index in [1.165, 1.54) is 12.1 Å². The Kier molecular flexibility index (Phi) is 14.3. The molecule has 16 heteroatoms. The minimum absolute atomic E-state index is 0.127. The molecule has 0 spiro atoms. The van der Waals surface area contributed by atoms with Gasteiger partial charge < -0.3 is 33.2 Å². The lowest BCUT2D eigenvalue weighted by atomic mass is 9.82. The zero-order valence-corrected chi connectivity index (χ0v) is 41.1. The molecular weight excluding hydrogens is 1120 g/mol. The topological polar surface area (TPSA) is 133 Å². The van der Waals surface area contributed by atoms with Gasteiger partial charge in [0.15, 0.2) is 17.8 Å². The van der Waals surface area contributed by atoms with Gasteiger partial charge in [-0.25, -0.2) is 19.2 Å². The van der Waals surface area contributed by atoms with Crippen LogP contribution in [0.5, 0.6) is 5.75 Å². The standard InChI is InChI=1S/C49H35Br4ClO11/c1-59-39-21-2-28(3-22-39)24-33-25-34(12-23-40(33)54)49-43(64-47(58)32-10-19-38(53)20-11-32)41(62-45(56)30-6-15-36(51)16-7-30)42(63-46(57)31-8-17-37(52)18-9-31)48(65-49,27-61-49)26-60-44(55)29-4-13-35(50)14-5-29/h2-23,25,41-43H,24,26-27H2,1H3/t41-,42-,43-,48-,49-/m0/s1. The van der Waals surface area contributed by atoms with E-state index >= 15 is 0 Å². The monoisotopic (exact) mass is 1150 g/mol. The van der Waals surface area contributed by atoms with Gasteiger partial charge in [-0.05, 0) is 139 Å². The van der Waals surface area contributed by atoms with Crippen LogP contribution in [0, 0.1) is 0 Å². The van der Waals surface area contributed by atoms with E-state index in [1.807, 2.05) is 24.3 Å². The summed E-state index contributed by atoms with van der Waals surface area (Å²) in [5.74, 6) is -4.70. The predicted molar refractivity (Wildman–Crippen MR) is 253 cm³/mol. The molecule has 0 unspecified atom stereocenters. The number of esters is 4. The number of fused-ring (bicyclic) bond motifs is 2. The molecule has 332 valence electrons. The van der Waals surface area contributed by atoms with Gasteiger partial charge in [-0.1, -0.05) is 93.5 Å². The second-order valence-electron chi connectivity index (χ2n) is 15.1. The zero-order valence-electron chi connectivity index (χ0n) is 34.0. The van der Waals surface area contributed by atoms with Crippen molar-refractivity contribution in [1.29, 1.82) is 0 Å². The van der Waals surface area contributed by atoms with Crippen LogP contribution in [0.2, 0.25) is 5.02 Å². The number of methoxy groups -OCH3 is 1. The summed E-state index contributed by atoms with van der Waals surface area (Å²) in [6.45, 7) is -0.984. The van der Waals surface area contributed by atoms with Crippen molar-refractivity contribution in [2.75, 3.05) is 20.3 Å². The van der Waals surface area contributed by atoms with Crippen LogP contribution in [-0.4, -0.2) is 68.1 Å². The van der Waals surface area contributed by atoms with Crippen LogP contribution in [0.3, 0.4) is 0 Å². The van der Waals surface area contributed by atoms with Gasteiger partial charge >= 0.3 is 23.9 Å². The smallest absolute Gasteiger partial charge is 0.338 e. The Morgan fingerprint density at radius 2 is 1.06 bits per heavy atom. The maximum atomic E-state index is 14.4. The van der Waals surface area contributed by atoms with E-state index < -0.39 is 66.8 Å². The first kappa shape index (κ1) is 46.7. The molecule has 0 radical (unpaired) electrons. The highest BCUT2D eigenvalue weighted by atomic mass is 79.9. The Hall–Kier alpha value is -4.87. The minimum Gasteiger partial charge on any atom is -0.497 e. The molecule has 11 nitrogen and oxygen atoms in total. The molecule has 5 atom stereocenters. The summed E-state index contributed by atoms with van der Waals surface area (Å²) >= 11 is 20.5. The number of ether oxygens (including phenoxy) is 7. The molecule has 2 aliphatic heterocycles. The van der Waals surface area contributed by atoms with Crippen LogP contribution in [0.25, 0.3) is 0 Å². The van der Waals surface area contributed by atoms with Crippen LogP contribution >= 0.6 is 75.3 Å². The highest BCUT2D eigenvalue weighted by molar-refractivity contribution is 9.11. The van der Waals surface area contributed by atoms with Gasteiger partial charge in [-0.15, -0.1) is 0 Å². The van der Waals surface area contributed by atoms with Crippen molar-refractivity contribution in [1.82, 2.24) is 0 Å². The fourth-order valence-corrected chi connectivity index (χ4v) is 8.75. The second kappa shape index (κ2) is 19.9. The third-order valence-electron chi connectivity index (χ3n) is 10.9. The molecule has 2 aliphatic rings. The molecule has 2 fully saturated rings. The summed E-state index contributed by atoms with van der Waals surface area (Å²) in [5, 5.41) is 0.410. The number of carbonyl (C=O) groups is 4. The quantitative estimate of drug-likeness (QED) is 0.0808. The molecule has 6 aromatic rings. The van der Waals surface area contributed by atoms with Crippen molar-refractivity contribution < 1.29 is 52.3 Å². The molecule has 0 aliphatic carbocycles. The first-order valence-electron chi connectivity index (χ1n) is 19.8. The summed E-state index contributed by atoms with van der Waals surface area (Å²) in [6, 6.07) is 38.3.